The number of amides is 1. The number of ketones is 1. The van der Waals surface area contributed by atoms with E-state index in [4.69, 9.17) is 9.47 Å². The van der Waals surface area contributed by atoms with Crippen molar-refractivity contribution < 1.29 is 24.2 Å². The monoisotopic (exact) mass is 446 g/mol. The Kier molecular flexibility index (Phi) is 6.58. The lowest BCUT2D eigenvalue weighted by atomic mass is 9.94. The average Bonchev–Trinajstić information content (AvgIpc) is 3.05. The van der Waals surface area contributed by atoms with Crippen molar-refractivity contribution in [2.75, 3.05) is 20.2 Å². The third kappa shape index (κ3) is 5.14. The van der Waals surface area contributed by atoms with Crippen LogP contribution in [0.25, 0.3) is 11.1 Å². The molecule has 170 valence electrons. The Morgan fingerprint density at radius 3 is 2.55 bits per heavy atom. The number of carbonyl (C=O) groups is 2. The number of nitrogens with zero attached hydrogens (tertiary/aromatic N) is 2. The molecule has 1 aromatic heterocycles. The van der Waals surface area contributed by atoms with Gasteiger partial charge < -0.3 is 19.5 Å². The van der Waals surface area contributed by atoms with Gasteiger partial charge in [-0.3, -0.25) is 9.78 Å². The normalized spacial score (nSPS) is 13.1. The van der Waals surface area contributed by atoms with Gasteiger partial charge in [-0.05, 0) is 60.7 Å². The smallest absolute Gasteiger partial charge is 0.407 e. The van der Waals surface area contributed by atoms with E-state index in [1.807, 2.05) is 30.3 Å². The quantitative estimate of drug-likeness (QED) is 0.556. The molecule has 0 unspecified atom stereocenters. The van der Waals surface area contributed by atoms with Crippen molar-refractivity contribution in [1.82, 2.24) is 9.88 Å². The molecule has 1 aliphatic heterocycles. The van der Waals surface area contributed by atoms with Crippen LogP contribution in [0.2, 0.25) is 0 Å². The fourth-order valence-electron chi connectivity index (χ4n) is 4.00. The summed E-state index contributed by atoms with van der Waals surface area (Å²) in [5.74, 6) is 1.33. The van der Waals surface area contributed by atoms with E-state index in [1.54, 1.807) is 25.4 Å². The van der Waals surface area contributed by atoms with E-state index in [0.29, 0.717) is 43.0 Å². The maximum Gasteiger partial charge on any atom is 0.407 e. The minimum atomic E-state index is -0.890. The third-order valence-electron chi connectivity index (χ3n) is 5.88. The zero-order chi connectivity index (χ0) is 23.4. The maximum absolute atomic E-state index is 12.0. The lowest BCUT2D eigenvalue weighted by Crippen LogP contribution is -2.31. The van der Waals surface area contributed by atoms with E-state index in [1.165, 1.54) is 11.8 Å². The predicted octanol–water partition coefficient (Wildman–Crippen LogP) is 4.62. The highest BCUT2D eigenvalue weighted by atomic mass is 16.5. The molecule has 0 atom stereocenters. The highest BCUT2D eigenvalue weighted by Gasteiger charge is 2.19. The SMILES string of the molecule is COc1ccnc(COc2ccc(C(C)=O)cc2-c2ccc3c(c2)CCN(C(=O)O)CC3)c1. The van der Waals surface area contributed by atoms with Crippen LogP contribution in [0, 0.1) is 0 Å². The van der Waals surface area contributed by atoms with E-state index in [-0.39, 0.29) is 12.4 Å². The van der Waals surface area contributed by atoms with E-state index >= 15 is 0 Å². The number of Topliss-reactive ketones (excluding diaryl/α,β-unsaturated/α-hetero) is 1. The van der Waals surface area contributed by atoms with Gasteiger partial charge >= 0.3 is 6.09 Å². The Balaban J connectivity index is 1.65. The summed E-state index contributed by atoms with van der Waals surface area (Å²) in [7, 11) is 1.60. The molecule has 7 nitrogen and oxygen atoms in total. The number of carbonyl (C=O) groups excluding carboxylic acids is 1. The Morgan fingerprint density at radius 2 is 1.82 bits per heavy atom. The van der Waals surface area contributed by atoms with Gasteiger partial charge in [0.05, 0.1) is 12.8 Å². The lowest BCUT2D eigenvalue weighted by molar-refractivity contribution is 0.101. The van der Waals surface area contributed by atoms with E-state index < -0.39 is 6.09 Å². The zero-order valence-corrected chi connectivity index (χ0v) is 18.7. The summed E-state index contributed by atoms with van der Waals surface area (Å²) in [4.78, 5) is 29.2. The number of carboxylic acid groups (broad SMARTS) is 1. The second-order valence-electron chi connectivity index (χ2n) is 8.00. The van der Waals surface area contributed by atoms with Crippen LogP contribution >= 0.6 is 0 Å². The van der Waals surface area contributed by atoms with Gasteiger partial charge in [0, 0.05) is 36.5 Å². The van der Waals surface area contributed by atoms with Crippen molar-refractivity contribution in [3.05, 3.63) is 77.1 Å². The summed E-state index contributed by atoms with van der Waals surface area (Å²) >= 11 is 0. The molecule has 2 aromatic carbocycles. The maximum atomic E-state index is 12.0. The summed E-state index contributed by atoms with van der Waals surface area (Å²) in [6.07, 6.45) is 2.11. The van der Waals surface area contributed by atoms with E-state index in [9.17, 15) is 14.7 Å². The molecular formula is C26H26N2O5. The van der Waals surface area contributed by atoms with Crippen molar-refractivity contribution in [2.24, 2.45) is 0 Å². The van der Waals surface area contributed by atoms with E-state index in [0.717, 1.165) is 27.9 Å². The second-order valence-corrected chi connectivity index (χ2v) is 8.00. The van der Waals surface area contributed by atoms with Gasteiger partial charge in [0.25, 0.3) is 0 Å². The lowest BCUT2D eigenvalue weighted by Gasteiger charge is -2.15. The molecule has 0 spiro atoms. The Morgan fingerprint density at radius 1 is 1.03 bits per heavy atom. The number of ether oxygens (including phenoxy) is 2. The molecular weight excluding hydrogens is 420 g/mol. The fraction of sp³-hybridized carbons (Fsp3) is 0.269. The molecule has 0 radical (unpaired) electrons. The van der Waals surface area contributed by atoms with Crippen molar-refractivity contribution in [3.63, 3.8) is 0 Å². The summed E-state index contributed by atoms with van der Waals surface area (Å²) in [5, 5.41) is 9.34. The first-order valence-electron chi connectivity index (χ1n) is 10.8. The molecule has 0 saturated heterocycles. The van der Waals surface area contributed by atoms with Crippen LogP contribution in [0.4, 0.5) is 4.79 Å². The van der Waals surface area contributed by atoms with E-state index in [2.05, 4.69) is 11.1 Å². The van der Waals surface area contributed by atoms with Gasteiger partial charge in [0.1, 0.15) is 18.1 Å². The molecule has 3 aromatic rings. The Labute approximate surface area is 192 Å². The van der Waals surface area contributed by atoms with Crippen LogP contribution in [0.15, 0.2) is 54.7 Å². The summed E-state index contributed by atoms with van der Waals surface area (Å²) < 4.78 is 11.4. The number of pyridine rings is 1. The number of rotatable bonds is 6. The fourth-order valence-corrected chi connectivity index (χ4v) is 4.00. The number of benzene rings is 2. The van der Waals surface area contributed by atoms with Crippen molar-refractivity contribution in [1.29, 1.82) is 0 Å². The number of hydrogen-bond acceptors (Lipinski definition) is 5. The first-order chi connectivity index (χ1) is 15.9. The minimum Gasteiger partial charge on any atom is -0.497 e. The van der Waals surface area contributed by atoms with Crippen LogP contribution in [-0.4, -0.2) is 47.1 Å². The first kappa shape index (κ1) is 22.3. The molecule has 2 heterocycles. The van der Waals surface area contributed by atoms with Crippen molar-refractivity contribution in [2.45, 2.75) is 26.4 Å². The summed E-state index contributed by atoms with van der Waals surface area (Å²) in [5.41, 5.74) is 5.33. The van der Waals surface area contributed by atoms with Crippen LogP contribution < -0.4 is 9.47 Å². The largest absolute Gasteiger partial charge is 0.497 e. The predicted molar refractivity (Wildman–Crippen MR) is 124 cm³/mol. The molecule has 33 heavy (non-hydrogen) atoms. The number of aromatic nitrogens is 1. The molecule has 1 N–H and O–H groups in total. The number of hydrogen-bond donors (Lipinski definition) is 1. The molecule has 0 aliphatic carbocycles. The van der Waals surface area contributed by atoms with Crippen LogP contribution in [0.5, 0.6) is 11.5 Å². The first-order valence-corrected chi connectivity index (χ1v) is 10.8. The molecule has 0 saturated carbocycles. The zero-order valence-electron chi connectivity index (χ0n) is 18.7. The van der Waals surface area contributed by atoms with Gasteiger partial charge in [-0.1, -0.05) is 18.2 Å². The highest BCUT2D eigenvalue weighted by molar-refractivity contribution is 5.96. The minimum absolute atomic E-state index is 0.0240. The van der Waals surface area contributed by atoms with Gasteiger partial charge in [-0.15, -0.1) is 0 Å². The molecule has 1 amide bonds. The third-order valence-corrected chi connectivity index (χ3v) is 5.88. The molecule has 7 heteroatoms. The van der Waals surface area contributed by atoms with Gasteiger partial charge in [-0.25, -0.2) is 4.79 Å². The standard InChI is InChI=1S/C26H26N2O5/c1-17(29)19-5-6-25(33-16-22-15-23(32-2)7-10-27-22)24(14-19)21-4-3-18-8-11-28(26(30)31)12-9-20(18)13-21/h3-7,10,13-15H,8-9,11-12,16H2,1-2H3,(H,30,31). The average molecular weight is 447 g/mol. The summed E-state index contributed by atoms with van der Waals surface area (Å²) in [6.45, 7) is 2.74. The van der Waals surface area contributed by atoms with Crippen LogP contribution in [0.1, 0.15) is 34.1 Å². The highest BCUT2D eigenvalue weighted by Crippen LogP contribution is 2.34. The van der Waals surface area contributed by atoms with Gasteiger partial charge in [0.2, 0.25) is 0 Å². The summed E-state index contributed by atoms with van der Waals surface area (Å²) in [6, 6.07) is 15.1. The van der Waals surface area contributed by atoms with Crippen LogP contribution in [-0.2, 0) is 19.4 Å². The van der Waals surface area contributed by atoms with Crippen molar-refractivity contribution >= 4 is 11.9 Å². The molecule has 0 fully saturated rings. The molecule has 0 bridgehead atoms. The van der Waals surface area contributed by atoms with Crippen molar-refractivity contribution in [3.8, 4) is 22.6 Å². The van der Waals surface area contributed by atoms with Crippen LogP contribution in [0.3, 0.4) is 0 Å². The van der Waals surface area contributed by atoms with Gasteiger partial charge in [0.15, 0.2) is 5.78 Å². The topological polar surface area (TPSA) is 89.0 Å². The Hall–Kier alpha value is -3.87. The second kappa shape index (κ2) is 9.73. The van der Waals surface area contributed by atoms with Gasteiger partial charge in [-0.2, -0.15) is 0 Å². The number of fused-ring (bicyclic) bond motifs is 1. The number of methoxy groups -OCH3 is 1. The molecule has 4 rings (SSSR count). The molecule has 1 aliphatic rings. The Bertz CT molecular complexity index is 1190.